The molecule has 0 radical (unpaired) electrons. The van der Waals surface area contributed by atoms with Crippen molar-refractivity contribution in [3.8, 4) is 0 Å². The lowest BCUT2D eigenvalue weighted by Crippen LogP contribution is -2.45. The zero-order valence-electron chi connectivity index (χ0n) is 12.5. The number of nitrogens with zero attached hydrogens (tertiary/aromatic N) is 1. The van der Waals surface area contributed by atoms with Gasteiger partial charge in [0.25, 0.3) is 5.91 Å². The molecule has 3 N–H and O–H groups in total. The van der Waals surface area contributed by atoms with E-state index < -0.39 is 6.04 Å². The van der Waals surface area contributed by atoms with Crippen LogP contribution in [0, 0.1) is 5.92 Å². The van der Waals surface area contributed by atoms with E-state index in [9.17, 15) is 4.79 Å². The van der Waals surface area contributed by atoms with Crippen LogP contribution in [0.3, 0.4) is 0 Å². The molecule has 1 atom stereocenters. The molecule has 1 rings (SSSR count). The van der Waals surface area contributed by atoms with Crippen molar-refractivity contribution < 1.29 is 9.53 Å². The van der Waals surface area contributed by atoms with Crippen LogP contribution in [-0.2, 0) is 9.53 Å². The maximum atomic E-state index is 12.2. The Bertz CT molecular complexity index is 395. The molecule has 0 saturated heterocycles. The zero-order valence-corrected chi connectivity index (χ0v) is 12.5. The smallest absolute Gasteiger partial charge is 0.255 e. The van der Waals surface area contributed by atoms with Crippen LogP contribution in [0.25, 0.3) is 0 Å². The van der Waals surface area contributed by atoms with Gasteiger partial charge < -0.3 is 4.74 Å². The normalized spacial score (nSPS) is 12.7. The number of carbonyl (C=O) groups is 1. The van der Waals surface area contributed by atoms with Crippen molar-refractivity contribution in [3.05, 3.63) is 35.9 Å². The van der Waals surface area contributed by atoms with E-state index in [0.717, 1.165) is 12.1 Å². The van der Waals surface area contributed by atoms with Crippen LogP contribution in [0.15, 0.2) is 30.3 Å². The van der Waals surface area contributed by atoms with E-state index in [-0.39, 0.29) is 5.91 Å². The number of nitrogens with one attached hydrogen (secondary N) is 1. The van der Waals surface area contributed by atoms with Crippen molar-refractivity contribution in [3.63, 3.8) is 0 Å². The average Bonchev–Trinajstić information content (AvgIpc) is 2.45. The molecule has 0 saturated carbocycles. The van der Waals surface area contributed by atoms with Gasteiger partial charge in [-0.05, 0) is 11.5 Å². The fourth-order valence-corrected chi connectivity index (χ4v) is 2.25. The van der Waals surface area contributed by atoms with Gasteiger partial charge in [0.2, 0.25) is 0 Å². The first-order valence-electron chi connectivity index (χ1n) is 6.88. The molecule has 0 aliphatic rings. The number of hydrogen-bond donors (Lipinski definition) is 2. The Kier molecular flexibility index (Phi) is 7.22. The summed E-state index contributed by atoms with van der Waals surface area (Å²) in [7, 11) is 1.66. The Morgan fingerprint density at radius 3 is 2.50 bits per heavy atom. The highest BCUT2D eigenvalue weighted by Crippen LogP contribution is 2.21. The number of amides is 1. The van der Waals surface area contributed by atoms with Gasteiger partial charge >= 0.3 is 0 Å². The number of carbonyl (C=O) groups excluding carboxylic acids is 1. The van der Waals surface area contributed by atoms with Crippen LogP contribution in [-0.4, -0.2) is 37.6 Å². The first-order chi connectivity index (χ1) is 9.60. The van der Waals surface area contributed by atoms with E-state index in [1.807, 2.05) is 30.3 Å². The first-order valence-corrected chi connectivity index (χ1v) is 6.88. The molecule has 1 aromatic rings. The van der Waals surface area contributed by atoms with Crippen molar-refractivity contribution in [1.29, 1.82) is 0 Å². The highest BCUT2D eigenvalue weighted by Gasteiger charge is 2.27. The van der Waals surface area contributed by atoms with E-state index in [2.05, 4.69) is 24.2 Å². The predicted octanol–water partition coefficient (Wildman–Crippen LogP) is 1.32. The lowest BCUT2D eigenvalue weighted by atomic mass is 10.0. The molecule has 0 spiro atoms. The van der Waals surface area contributed by atoms with Gasteiger partial charge in [-0.1, -0.05) is 44.2 Å². The summed E-state index contributed by atoms with van der Waals surface area (Å²) in [6.07, 6.45) is 0. The average molecular weight is 279 g/mol. The van der Waals surface area contributed by atoms with E-state index in [1.165, 1.54) is 0 Å². The third-order valence-corrected chi connectivity index (χ3v) is 3.05. The standard InChI is InChI=1S/C15H25N3O2/c1-12(2)11-18(9-10-20-3)14(15(19)17-16)13-7-5-4-6-8-13/h4-8,12,14H,9-11,16H2,1-3H3,(H,17,19). The largest absolute Gasteiger partial charge is 0.383 e. The minimum Gasteiger partial charge on any atom is -0.383 e. The molecule has 0 aromatic heterocycles. The van der Waals surface area contributed by atoms with Gasteiger partial charge in [-0.2, -0.15) is 0 Å². The molecule has 0 fully saturated rings. The summed E-state index contributed by atoms with van der Waals surface area (Å²) in [5.41, 5.74) is 3.21. The number of hydrazine groups is 1. The SMILES string of the molecule is COCCN(CC(C)C)C(C(=O)NN)c1ccccc1. The summed E-state index contributed by atoms with van der Waals surface area (Å²) in [4.78, 5) is 14.3. The second-order valence-corrected chi connectivity index (χ2v) is 5.20. The first kappa shape index (κ1) is 16.6. The van der Waals surface area contributed by atoms with Crippen molar-refractivity contribution >= 4 is 5.91 Å². The maximum absolute atomic E-state index is 12.2. The molecule has 1 aromatic carbocycles. The van der Waals surface area contributed by atoms with E-state index >= 15 is 0 Å². The number of hydrogen-bond acceptors (Lipinski definition) is 4. The summed E-state index contributed by atoms with van der Waals surface area (Å²) in [5, 5.41) is 0. The monoisotopic (exact) mass is 279 g/mol. The molecule has 0 heterocycles. The van der Waals surface area contributed by atoms with E-state index in [4.69, 9.17) is 10.6 Å². The van der Waals surface area contributed by atoms with Gasteiger partial charge in [0, 0.05) is 20.2 Å². The van der Waals surface area contributed by atoms with Gasteiger partial charge in [-0.15, -0.1) is 0 Å². The summed E-state index contributed by atoms with van der Waals surface area (Å²) in [6.45, 7) is 6.32. The number of benzene rings is 1. The van der Waals surface area contributed by atoms with Crippen molar-refractivity contribution in [2.24, 2.45) is 11.8 Å². The predicted molar refractivity (Wildman–Crippen MR) is 79.8 cm³/mol. The fraction of sp³-hybridized carbons (Fsp3) is 0.533. The molecule has 112 valence electrons. The van der Waals surface area contributed by atoms with Crippen molar-refractivity contribution in [2.75, 3.05) is 26.8 Å². The molecule has 1 unspecified atom stereocenters. The van der Waals surface area contributed by atoms with Crippen LogP contribution >= 0.6 is 0 Å². The highest BCUT2D eigenvalue weighted by molar-refractivity contribution is 5.82. The second-order valence-electron chi connectivity index (χ2n) is 5.20. The summed E-state index contributed by atoms with van der Waals surface area (Å²) in [6, 6.07) is 9.29. The molecule has 0 bridgehead atoms. The Morgan fingerprint density at radius 2 is 2.00 bits per heavy atom. The van der Waals surface area contributed by atoms with E-state index in [0.29, 0.717) is 19.1 Å². The fourth-order valence-electron chi connectivity index (χ4n) is 2.25. The molecule has 0 aliphatic heterocycles. The Morgan fingerprint density at radius 1 is 1.35 bits per heavy atom. The van der Waals surface area contributed by atoms with Gasteiger partial charge in [0.1, 0.15) is 6.04 Å². The molecular weight excluding hydrogens is 254 g/mol. The molecule has 20 heavy (non-hydrogen) atoms. The summed E-state index contributed by atoms with van der Waals surface area (Å²) >= 11 is 0. The number of nitrogens with two attached hydrogens (primary N) is 1. The lowest BCUT2D eigenvalue weighted by molar-refractivity contribution is -0.127. The summed E-state index contributed by atoms with van der Waals surface area (Å²) in [5.74, 6) is 5.60. The topological polar surface area (TPSA) is 67.6 Å². The third-order valence-electron chi connectivity index (χ3n) is 3.05. The van der Waals surface area contributed by atoms with E-state index in [1.54, 1.807) is 7.11 Å². The third kappa shape index (κ3) is 4.92. The van der Waals surface area contributed by atoms with Crippen LogP contribution in [0.1, 0.15) is 25.5 Å². The van der Waals surface area contributed by atoms with Crippen LogP contribution in [0.4, 0.5) is 0 Å². The maximum Gasteiger partial charge on any atom is 0.255 e. The van der Waals surface area contributed by atoms with Crippen LogP contribution in [0.5, 0.6) is 0 Å². The Hall–Kier alpha value is -1.43. The number of rotatable bonds is 8. The number of methoxy groups -OCH3 is 1. The van der Waals surface area contributed by atoms with Crippen molar-refractivity contribution in [2.45, 2.75) is 19.9 Å². The molecule has 5 nitrogen and oxygen atoms in total. The van der Waals surface area contributed by atoms with Gasteiger partial charge in [-0.3, -0.25) is 15.1 Å². The lowest BCUT2D eigenvalue weighted by Gasteiger charge is -2.31. The van der Waals surface area contributed by atoms with Crippen LogP contribution in [0.2, 0.25) is 0 Å². The molecule has 5 heteroatoms. The zero-order chi connectivity index (χ0) is 15.0. The molecule has 0 aliphatic carbocycles. The molecule has 1 amide bonds. The van der Waals surface area contributed by atoms with Gasteiger partial charge in [0.15, 0.2) is 0 Å². The molecular formula is C15H25N3O2. The van der Waals surface area contributed by atoms with Crippen LogP contribution < -0.4 is 11.3 Å². The highest BCUT2D eigenvalue weighted by atomic mass is 16.5. The van der Waals surface area contributed by atoms with Gasteiger partial charge in [0.05, 0.1) is 6.61 Å². The quantitative estimate of drug-likeness (QED) is 0.428. The minimum atomic E-state index is -0.390. The Labute approximate surface area is 121 Å². The van der Waals surface area contributed by atoms with Gasteiger partial charge in [-0.25, -0.2) is 5.84 Å². The summed E-state index contributed by atoms with van der Waals surface area (Å²) < 4.78 is 5.15. The second kappa shape index (κ2) is 8.68. The number of ether oxygens (including phenoxy) is 1. The Balaban J connectivity index is 3.00. The minimum absolute atomic E-state index is 0.201. The van der Waals surface area contributed by atoms with Crippen molar-refractivity contribution in [1.82, 2.24) is 10.3 Å².